The summed E-state index contributed by atoms with van der Waals surface area (Å²) in [4.78, 5) is 31.0. The fraction of sp³-hybridized carbons (Fsp3) is 0.385. The van der Waals surface area contributed by atoms with Gasteiger partial charge in [-0.2, -0.15) is 5.10 Å². The van der Waals surface area contributed by atoms with E-state index >= 15 is 0 Å². The van der Waals surface area contributed by atoms with Crippen LogP contribution in [0.25, 0.3) is 11.4 Å². The second-order valence-electron chi connectivity index (χ2n) is 9.68. The van der Waals surface area contributed by atoms with E-state index in [4.69, 9.17) is 21.3 Å². The summed E-state index contributed by atoms with van der Waals surface area (Å²) in [5, 5.41) is 4.70. The fourth-order valence-electron chi connectivity index (χ4n) is 5.61. The van der Waals surface area contributed by atoms with Gasteiger partial charge in [-0.25, -0.2) is 4.68 Å². The van der Waals surface area contributed by atoms with Crippen molar-refractivity contribution in [3.8, 4) is 17.1 Å². The Kier molecular flexibility index (Phi) is 5.70. The van der Waals surface area contributed by atoms with Gasteiger partial charge in [-0.3, -0.25) is 14.6 Å². The molecule has 2 aliphatic carbocycles. The van der Waals surface area contributed by atoms with E-state index in [1.54, 1.807) is 23.0 Å². The number of amides is 2. The lowest BCUT2D eigenvalue weighted by atomic mass is 9.97. The van der Waals surface area contributed by atoms with E-state index in [9.17, 15) is 9.59 Å². The van der Waals surface area contributed by atoms with Crippen molar-refractivity contribution in [2.45, 2.75) is 50.3 Å². The molecular formula is C26H30N6O3. The summed E-state index contributed by atoms with van der Waals surface area (Å²) >= 11 is 0. The van der Waals surface area contributed by atoms with Gasteiger partial charge in [-0.15, -0.1) is 0 Å². The zero-order valence-electron chi connectivity index (χ0n) is 19.8. The number of nitrogens with zero attached hydrogens (tertiary/aromatic N) is 4. The molecule has 0 bridgehead atoms. The van der Waals surface area contributed by atoms with Crippen LogP contribution in [0.1, 0.15) is 49.0 Å². The molecule has 1 saturated carbocycles. The average molecular weight is 475 g/mol. The Bertz CT molecular complexity index is 1230. The Hall–Kier alpha value is -3.88. The summed E-state index contributed by atoms with van der Waals surface area (Å²) < 4.78 is 7.81. The molecule has 2 amide bonds. The number of carbonyl (C=O) groups excluding carboxylic acids is 2. The minimum atomic E-state index is -0.654. The van der Waals surface area contributed by atoms with E-state index < -0.39 is 11.5 Å². The van der Waals surface area contributed by atoms with Gasteiger partial charge in [-0.05, 0) is 56.4 Å². The molecule has 35 heavy (non-hydrogen) atoms. The zero-order valence-corrected chi connectivity index (χ0v) is 19.8. The number of nitrogens with two attached hydrogens (primary N) is 2. The van der Waals surface area contributed by atoms with E-state index in [-0.39, 0.29) is 29.4 Å². The number of likely N-dealkylation sites (tertiary alicyclic amines) is 1. The standard InChI is InChI=1S/C26H30N6O3/c1-3-21(33)31-12-9-16-13-17(14-20(16)31)32-24(27)22(25(28)34)23(30-32)19-8-7-18(15-29-19)35-26(2)10-5-4-6-11-26/h3-8,10,15-17,20H,1,9,11-14,27H2,2H3,(H2,28,34)/t16?,17-,20?,26?/m0/s1. The van der Waals surface area contributed by atoms with Crippen LogP contribution in [0.15, 0.2) is 55.3 Å². The Morgan fingerprint density at radius 2 is 2.11 bits per heavy atom. The van der Waals surface area contributed by atoms with Gasteiger partial charge < -0.3 is 21.1 Å². The van der Waals surface area contributed by atoms with E-state index in [0.29, 0.717) is 29.5 Å². The molecule has 0 aromatic carbocycles. The van der Waals surface area contributed by atoms with Crippen LogP contribution < -0.4 is 16.2 Å². The highest BCUT2D eigenvalue weighted by molar-refractivity contribution is 6.03. The molecule has 0 radical (unpaired) electrons. The minimum absolute atomic E-state index is 0.0361. The number of anilines is 1. The molecule has 3 heterocycles. The first kappa shape index (κ1) is 22.9. The molecule has 2 fully saturated rings. The molecule has 0 spiro atoms. The highest BCUT2D eigenvalue weighted by Crippen LogP contribution is 2.45. The fourth-order valence-corrected chi connectivity index (χ4v) is 5.61. The third-order valence-electron chi connectivity index (χ3n) is 7.32. The van der Waals surface area contributed by atoms with Crippen molar-refractivity contribution in [1.29, 1.82) is 0 Å². The molecule has 2 aromatic rings. The molecule has 4 atom stereocenters. The van der Waals surface area contributed by atoms with Crippen molar-refractivity contribution in [2.24, 2.45) is 11.7 Å². The number of hydrogen-bond acceptors (Lipinski definition) is 6. The molecule has 1 aliphatic heterocycles. The van der Waals surface area contributed by atoms with E-state index in [1.807, 2.05) is 30.1 Å². The topological polar surface area (TPSA) is 129 Å². The number of ether oxygens (including phenoxy) is 1. The van der Waals surface area contributed by atoms with Crippen molar-refractivity contribution in [3.63, 3.8) is 0 Å². The maximum Gasteiger partial charge on any atom is 0.254 e. The van der Waals surface area contributed by atoms with Crippen LogP contribution in [-0.2, 0) is 4.79 Å². The maximum absolute atomic E-state index is 12.4. The third-order valence-corrected chi connectivity index (χ3v) is 7.32. The Morgan fingerprint density at radius 1 is 1.29 bits per heavy atom. The van der Waals surface area contributed by atoms with Gasteiger partial charge in [-0.1, -0.05) is 24.8 Å². The summed E-state index contributed by atoms with van der Waals surface area (Å²) in [6.45, 7) is 6.37. The smallest absolute Gasteiger partial charge is 0.254 e. The lowest BCUT2D eigenvalue weighted by Gasteiger charge is -2.27. The largest absolute Gasteiger partial charge is 0.482 e. The van der Waals surface area contributed by atoms with Crippen LogP contribution in [0.5, 0.6) is 5.75 Å². The number of nitrogen functional groups attached to an aromatic ring is 1. The summed E-state index contributed by atoms with van der Waals surface area (Å²) in [5.74, 6) is 0.504. The first-order chi connectivity index (χ1) is 16.8. The maximum atomic E-state index is 12.4. The number of hydrogen-bond donors (Lipinski definition) is 2. The predicted molar refractivity (Wildman–Crippen MR) is 132 cm³/mol. The normalized spacial score (nSPS) is 27.1. The molecule has 5 rings (SSSR count). The Morgan fingerprint density at radius 3 is 2.77 bits per heavy atom. The highest BCUT2D eigenvalue weighted by Gasteiger charge is 2.45. The van der Waals surface area contributed by atoms with E-state index in [1.165, 1.54) is 6.08 Å². The number of aromatic nitrogens is 3. The molecule has 2 aromatic heterocycles. The lowest BCUT2D eigenvalue weighted by molar-refractivity contribution is -0.127. The lowest BCUT2D eigenvalue weighted by Crippen LogP contribution is -2.35. The van der Waals surface area contributed by atoms with Crippen molar-refractivity contribution in [2.75, 3.05) is 12.3 Å². The van der Waals surface area contributed by atoms with Crippen molar-refractivity contribution in [1.82, 2.24) is 19.7 Å². The first-order valence-corrected chi connectivity index (χ1v) is 11.9. The van der Waals surface area contributed by atoms with Crippen LogP contribution >= 0.6 is 0 Å². The highest BCUT2D eigenvalue weighted by atomic mass is 16.5. The van der Waals surface area contributed by atoms with Gasteiger partial charge in [0, 0.05) is 19.0 Å². The average Bonchev–Trinajstić information content (AvgIpc) is 3.51. The molecule has 9 nitrogen and oxygen atoms in total. The van der Waals surface area contributed by atoms with Crippen LogP contribution in [0.4, 0.5) is 5.82 Å². The minimum Gasteiger partial charge on any atom is -0.482 e. The number of carbonyl (C=O) groups is 2. The van der Waals surface area contributed by atoms with Gasteiger partial charge in [0.25, 0.3) is 5.91 Å². The second kappa shape index (κ2) is 8.72. The van der Waals surface area contributed by atoms with Gasteiger partial charge in [0.1, 0.15) is 28.4 Å². The van der Waals surface area contributed by atoms with Crippen LogP contribution in [0.2, 0.25) is 0 Å². The Balaban J connectivity index is 1.40. The van der Waals surface area contributed by atoms with Crippen LogP contribution in [-0.4, -0.2) is 49.7 Å². The number of allylic oxidation sites excluding steroid dienone is 2. The van der Waals surface area contributed by atoms with Gasteiger partial charge in [0.15, 0.2) is 0 Å². The number of pyridine rings is 1. The van der Waals surface area contributed by atoms with Gasteiger partial charge in [0.2, 0.25) is 5.91 Å². The van der Waals surface area contributed by atoms with Crippen molar-refractivity contribution in [3.05, 3.63) is 60.9 Å². The third kappa shape index (κ3) is 4.11. The Labute approximate surface area is 204 Å². The molecule has 4 N–H and O–H groups in total. The predicted octanol–water partition coefficient (Wildman–Crippen LogP) is 3.02. The van der Waals surface area contributed by atoms with Crippen molar-refractivity contribution < 1.29 is 14.3 Å². The first-order valence-electron chi connectivity index (χ1n) is 11.9. The molecule has 9 heteroatoms. The summed E-state index contributed by atoms with van der Waals surface area (Å²) in [6.07, 6.45) is 14.2. The van der Waals surface area contributed by atoms with Gasteiger partial charge in [0.05, 0.1) is 17.9 Å². The van der Waals surface area contributed by atoms with Crippen LogP contribution in [0.3, 0.4) is 0 Å². The summed E-state index contributed by atoms with van der Waals surface area (Å²) in [6, 6.07) is 3.64. The molecule has 3 unspecified atom stereocenters. The SMILES string of the molecule is C=CC(=O)N1CCC2C[C@H](n3nc(-c4ccc(OC5(C)C=CC=CC5)cn4)c(C(N)=O)c3N)CC21. The van der Waals surface area contributed by atoms with E-state index in [2.05, 4.69) is 17.6 Å². The monoisotopic (exact) mass is 474 g/mol. The quantitative estimate of drug-likeness (QED) is 0.619. The second-order valence-corrected chi connectivity index (χ2v) is 9.68. The molecular weight excluding hydrogens is 444 g/mol. The number of fused-ring (bicyclic) bond motifs is 1. The summed E-state index contributed by atoms with van der Waals surface area (Å²) in [5.41, 5.74) is 12.7. The zero-order chi connectivity index (χ0) is 24.7. The summed E-state index contributed by atoms with van der Waals surface area (Å²) in [7, 11) is 0. The van der Waals surface area contributed by atoms with Gasteiger partial charge >= 0.3 is 0 Å². The van der Waals surface area contributed by atoms with E-state index in [0.717, 1.165) is 25.8 Å². The number of rotatable bonds is 6. The van der Waals surface area contributed by atoms with Crippen LogP contribution in [0, 0.1) is 5.92 Å². The molecule has 1 saturated heterocycles. The number of primary amides is 1. The molecule has 3 aliphatic rings. The molecule has 182 valence electrons. The van der Waals surface area contributed by atoms with Crippen molar-refractivity contribution >= 4 is 17.6 Å².